The lowest BCUT2D eigenvalue weighted by Gasteiger charge is -2.14. The predicted octanol–water partition coefficient (Wildman–Crippen LogP) is 4.29. The first kappa shape index (κ1) is 22.6. The molecule has 0 amide bonds. The summed E-state index contributed by atoms with van der Waals surface area (Å²) in [6.07, 6.45) is 2.64. The Labute approximate surface area is 184 Å². The highest BCUT2D eigenvalue weighted by atomic mass is 127. The zero-order valence-corrected chi connectivity index (χ0v) is 18.8. The van der Waals surface area contributed by atoms with Gasteiger partial charge in [0.25, 0.3) is 0 Å². The van der Waals surface area contributed by atoms with Gasteiger partial charge in [0, 0.05) is 25.2 Å². The molecule has 0 aliphatic carbocycles. The van der Waals surface area contributed by atoms with Crippen molar-refractivity contribution in [1.82, 2.24) is 15.5 Å². The zero-order chi connectivity index (χ0) is 18.9. The number of benzene rings is 2. The van der Waals surface area contributed by atoms with Crippen LogP contribution in [-0.2, 0) is 19.6 Å². The Morgan fingerprint density at radius 2 is 1.68 bits per heavy atom. The fraction of sp³-hybridized carbons (Fsp3) is 0.409. The molecule has 1 heterocycles. The normalized spacial score (nSPS) is 14.6. The summed E-state index contributed by atoms with van der Waals surface area (Å²) in [6.45, 7) is 7.25. The van der Waals surface area contributed by atoms with Crippen molar-refractivity contribution >= 4 is 29.9 Å². The topological polar surface area (TPSA) is 39.7 Å². The number of rotatable bonds is 7. The molecule has 0 saturated carbocycles. The SMILES string of the molecule is CCNC(=NCc1ccc(CN2CCCC2)cc1)NCc1ccccc1F.I. The molecular formula is C22H30FIN4. The van der Waals surface area contributed by atoms with Gasteiger partial charge in [0.1, 0.15) is 5.82 Å². The van der Waals surface area contributed by atoms with Crippen LogP contribution in [-0.4, -0.2) is 30.5 Å². The van der Waals surface area contributed by atoms with Crippen molar-refractivity contribution in [2.24, 2.45) is 4.99 Å². The molecular weight excluding hydrogens is 466 g/mol. The molecule has 2 aromatic rings. The van der Waals surface area contributed by atoms with Crippen molar-refractivity contribution in [3.05, 3.63) is 71.0 Å². The highest BCUT2D eigenvalue weighted by molar-refractivity contribution is 14.0. The summed E-state index contributed by atoms with van der Waals surface area (Å²) >= 11 is 0. The van der Waals surface area contributed by atoms with Gasteiger partial charge in [0.2, 0.25) is 0 Å². The van der Waals surface area contributed by atoms with Gasteiger partial charge in [-0.05, 0) is 50.0 Å². The van der Waals surface area contributed by atoms with Gasteiger partial charge in [-0.1, -0.05) is 42.5 Å². The summed E-state index contributed by atoms with van der Waals surface area (Å²) < 4.78 is 13.8. The van der Waals surface area contributed by atoms with E-state index in [1.807, 2.05) is 13.0 Å². The standard InChI is InChI=1S/C22H29FN4.HI/c1-2-24-22(26-16-20-7-3-4-8-21(20)23)25-15-18-9-11-19(12-10-18)17-27-13-5-6-14-27;/h3-4,7-12H,2,5-6,13-17H2,1H3,(H2,24,25,26);1H. The van der Waals surface area contributed by atoms with Crippen LogP contribution in [0.4, 0.5) is 4.39 Å². The lowest BCUT2D eigenvalue weighted by Crippen LogP contribution is -2.37. The molecule has 0 aromatic heterocycles. The van der Waals surface area contributed by atoms with Crippen LogP contribution >= 0.6 is 24.0 Å². The minimum atomic E-state index is -0.200. The minimum Gasteiger partial charge on any atom is -0.357 e. The first-order chi connectivity index (χ1) is 13.2. The fourth-order valence-corrected chi connectivity index (χ4v) is 3.28. The smallest absolute Gasteiger partial charge is 0.191 e. The molecule has 6 heteroatoms. The van der Waals surface area contributed by atoms with Crippen molar-refractivity contribution in [3.63, 3.8) is 0 Å². The number of nitrogens with one attached hydrogen (secondary N) is 2. The van der Waals surface area contributed by atoms with Crippen LogP contribution < -0.4 is 10.6 Å². The van der Waals surface area contributed by atoms with E-state index in [1.54, 1.807) is 12.1 Å². The molecule has 0 unspecified atom stereocenters. The molecule has 3 rings (SSSR count). The molecule has 4 nitrogen and oxygen atoms in total. The number of guanidine groups is 1. The van der Waals surface area contributed by atoms with Gasteiger partial charge in [-0.15, -0.1) is 24.0 Å². The third kappa shape index (κ3) is 7.05. The van der Waals surface area contributed by atoms with Crippen molar-refractivity contribution in [2.45, 2.75) is 39.4 Å². The molecule has 0 atom stereocenters. The van der Waals surface area contributed by atoms with E-state index in [0.717, 1.165) is 13.1 Å². The molecule has 2 aromatic carbocycles. The highest BCUT2D eigenvalue weighted by Crippen LogP contribution is 2.13. The lowest BCUT2D eigenvalue weighted by molar-refractivity contribution is 0.331. The second-order valence-corrected chi connectivity index (χ2v) is 6.94. The first-order valence-electron chi connectivity index (χ1n) is 9.80. The summed E-state index contributed by atoms with van der Waals surface area (Å²) in [6, 6.07) is 15.5. The van der Waals surface area contributed by atoms with Crippen LogP contribution in [0.2, 0.25) is 0 Å². The maximum Gasteiger partial charge on any atom is 0.191 e. The van der Waals surface area contributed by atoms with E-state index < -0.39 is 0 Å². The molecule has 152 valence electrons. The number of likely N-dealkylation sites (tertiary alicyclic amines) is 1. The van der Waals surface area contributed by atoms with E-state index >= 15 is 0 Å². The van der Waals surface area contributed by atoms with Gasteiger partial charge >= 0.3 is 0 Å². The van der Waals surface area contributed by atoms with Crippen LogP contribution in [0.3, 0.4) is 0 Å². The molecule has 0 spiro atoms. The zero-order valence-electron chi connectivity index (χ0n) is 16.5. The van der Waals surface area contributed by atoms with Crippen molar-refractivity contribution in [2.75, 3.05) is 19.6 Å². The Hall–Kier alpha value is -1.67. The number of halogens is 2. The molecule has 1 aliphatic rings. The molecule has 2 N–H and O–H groups in total. The molecule has 0 bridgehead atoms. The van der Waals surface area contributed by atoms with Crippen LogP contribution in [0, 0.1) is 5.82 Å². The van der Waals surface area contributed by atoms with Gasteiger partial charge in [0.05, 0.1) is 6.54 Å². The summed E-state index contributed by atoms with van der Waals surface area (Å²) in [4.78, 5) is 7.13. The average Bonchev–Trinajstić information content (AvgIpc) is 3.19. The Bertz CT molecular complexity index is 742. The number of aliphatic imine (C=N–C) groups is 1. The largest absolute Gasteiger partial charge is 0.357 e. The third-order valence-corrected chi connectivity index (χ3v) is 4.80. The van der Waals surface area contributed by atoms with Gasteiger partial charge in [-0.25, -0.2) is 9.38 Å². The molecule has 1 saturated heterocycles. The first-order valence-corrected chi connectivity index (χ1v) is 9.80. The van der Waals surface area contributed by atoms with E-state index in [4.69, 9.17) is 0 Å². The second kappa shape index (κ2) is 12.0. The second-order valence-electron chi connectivity index (χ2n) is 6.94. The lowest BCUT2D eigenvalue weighted by atomic mass is 10.1. The van der Waals surface area contributed by atoms with Gasteiger partial charge < -0.3 is 10.6 Å². The molecule has 1 fully saturated rings. The van der Waals surface area contributed by atoms with Crippen LogP contribution in [0.25, 0.3) is 0 Å². The minimum absolute atomic E-state index is 0. The summed E-state index contributed by atoms with van der Waals surface area (Å²) in [5.74, 6) is 0.497. The van der Waals surface area contributed by atoms with Crippen LogP contribution in [0.1, 0.15) is 36.5 Å². The van der Waals surface area contributed by atoms with Crippen molar-refractivity contribution < 1.29 is 4.39 Å². The van der Waals surface area contributed by atoms with E-state index in [-0.39, 0.29) is 29.8 Å². The predicted molar refractivity (Wildman–Crippen MR) is 124 cm³/mol. The monoisotopic (exact) mass is 496 g/mol. The Balaban J connectivity index is 0.00000280. The number of hydrogen-bond donors (Lipinski definition) is 2. The highest BCUT2D eigenvalue weighted by Gasteiger charge is 2.11. The summed E-state index contributed by atoms with van der Waals surface area (Å²) in [5, 5.41) is 6.41. The van der Waals surface area contributed by atoms with E-state index in [2.05, 4.69) is 44.8 Å². The Morgan fingerprint density at radius 3 is 2.36 bits per heavy atom. The van der Waals surface area contributed by atoms with Crippen LogP contribution in [0.15, 0.2) is 53.5 Å². The average molecular weight is 496 g/mol. The molecule has 28 heavy (non-hydrogen) atoms. The maximum absolute atomic E-state index is 13.8. The summed E-state index contributed by atoms with van der Waals surface area (Å²) in [7, 11) is 0. The Morgan fingerprint density at radius 1 is 1.00 bits per heavy atom. The molecule has 0 radical (unpaired) electrons. The summed E-state index contributed by atoms with van der Waals surface area (Å²) in [5.41, 5.74) is 3.16. The van der Waals surface area contributed by atoms with Gasteiger partial charge in [-0.3, -0.25) is 4.90 Å². The van der Waals surface area contributed by atoms with E-state index in [9.17, 15) is 4.39 Å². The number of nitrogens with zero attached hydrogens (tertiary/aromatic N) is 2. The molecule has 1 aliphatic heterocycles. The fourth-order valence-electron chi connectivity index (χ4n) is 3.28. The van der Waals surface area contributed by atoms with Gasteiger partial charge in [0.15, 0.2) is 5.96 Å². The van der Waals surface area contributed by atoms with E-state index in [0.29, 0.717) is 24.6 Å². The van der Waals surface area contributed by atoms with Gasteiger partial charge in [-0.2, -0.15) is 0 Å². The maximum atomic E-state index is 13.8. The Kier molecular flexibility index (Phi) is 9.70. The number of hydrogen-bond acceptors (Lipinski definition) is 2. The van der Waals surface area contributed by atoms with Crippen molar-refractivity contribution in [1.29, 1.82) is 0 Å². The quantitative estimate of drug-likeness (QED) is 0.341. The third-order valence-electron chi connectivity index (χ3n) is 4.80. The van der Waals surface area contributed by atoms with Crippen LogP contribution in [0.5, 0.6) is 0 Å². The van der Waals surface area contributed by atoms with Crippen molar-refractivity contribution in [3.8, 4) is 0 Å². The van der Waals surface area contributed by atoms with E-state index in [1.165, 1.54) is 43.1 Å².